The number of carbonyl (C=O) groups excluding carboxylic acids is 6. The number of nitrogens with one attached hydrogen (secondary N) is 4. The van der Waals surface area contributed by atoms with Crippen LogP contribution in [0, 0.1) is 17.2 Å². The Morgan fingerprint density at radius 2 is 1.51 bits per heavy atom. The number of ether oxygens (including phenoxy) is 2. The van der Waals surface area contributed by atoms with Crippen molar-refractivity contribution in [3.8, 4) is 17.2 Å². The SMILES string of the molecule is O=C1CCC(N2Cc3cc(NC(=O)CN4C5CC4CN(CC4CCN(c6cc7nccc(Oc8ccc(NC(=O)C9(C(=O)Nc%10ccc(F)cc%10)CC9)cc8)c7cc6OC(F)(F)F)CC4)C5)ncc3C2=O)C(=O)N1. The molecule has 6 amide bonds. The summed E-state index contributed by atoms with van der Waals surface area (Å²) >= 11 is 0. The molecular weight excluding hydrogens is 969 g/mol. The standard InChI is InChI=1S/C52H50F4N10O8/c53-31-1-3-32(4-2-31)59-49(71)51(14-15-51)50(72)60-33-5-7-36(8-6-33)73-42-11-16-57-39-22-41(43(21-37(39)42)74-52(54,55)56)64-17-12-29(13-18-64)24-63-26-34-20-35(27-63)65(34)28-46(68)61-44-19-30-25-66(48(70)38(30)23-58-44)40-9-10-45(67)62-47(40)69/h1-8,11,16,19,21-23,29,34-35,40H,9-10,12-15,17-18,20,24-28H2,(H,59,71)(H,60,72)(H,58,61,68)(H,62,67,69). The molecular formula is C52H50F4N10O8. The van der Waals surface area contributed by atoms with Crippen LogP contribution in [0.4, 0.5) is 40.4 Å². The van der Waals surface area contributed by atoms with E-state index in [0.717, 1.165) is 38.9 Å². The van der Waals surface area contributed by atoms with Crippen LogP contribution in [0.5, 0.6) is 17.2 Å². The first-order chi connectivity index (χ1) is 35.5. The number of pyridine rings is 2. The van der Waals surface area contributed by atoms with Gasteiger partial charge in [0.25, 0.3) is 5.91 Å². The van der Waals surface area contributed by atoms with Gasteiger partial charge in [-0.3, -0.25) is 48.9 Å². The van der Waals surface area contributed by atoms with Gasteiger partial charge in [0, 0.05) is 86.9 Å². The van der Waals surface area contributed by atoms with E-state index in [4.69, 9.17) is 4.74 Å². The van der Waals surface area contributed by atoms with Crippen molar-refractivity contribution in [2.45, 2.75) is 76.0 Å². The number of piperazine rings is 1. The molecule has 5 saturated heterocycles. The van der Waals surface area contributed by atoms with Crippen LogP contribution in [0.2, 0.25) is 0 Å². The number of rotatable bonds is 14. The molecule has 6 fully saturated rings. The molecule has 1 aliphatic carbocycles. The first kappa shape index (κ1) is 48.5. The van der Waals surface area contributed by atoms with Crippen molar-refractivity contribution < 1.29 is 55.8 Å². The van der Waals surface area contributed by atoms with E-state index in [1.165, 1.54) is 53.7 Å². The van der Waals surface area contributed by atoms with Crippen LogP contribution < -0.4 is 35.6 Å². The number of hydrogen-bond acceptors (Lipinski definition) is 13. The Bertz CT molecular complexity index is 3060. The van der Waals surface area contributed by atoms with Crippen LogP contribution in [0.15, 0.2) is 85.2 Å². The van der Waals surface area contributed by atoms with Crippen LogP contribution in [0.3, 0.4) is 0 Å². The maximum atomic E-state index is 14.0. The molecule has 7 aliphatic rings. The Hall–Kier alpha value is -7.72. The van der Waals surface area contributed by atoms with Gasteiger partial charge in [-0.05, 0) is 123 Å². The molecule has 4 N–H and O–H groups in total. The summed E-state index contributed by atoms with van der Waals surface area (Å²) in [4.78, 5) is 93.3. The topological polar surface area (TPSA) is 208 Å². The summed E-state index contributed by atoms with van der Waals surface area (Å²) in [5.74, 6) is -2.09. The Morgan fingerprint density at radius 1 is 0.824 bits per heavy atom. The van der Waals surface area contributed by atoms with Crippen LogP contribution in [0.25, 0.3) is 10.9 Å². The van der Waals surface area contributed by atoms with Crippen molar-refractivity contribution in [1.82, 2.24) is 30.0 Å². The van der Waals surface area contributed by atoms with Crippen molar-refractivity contribution in [2.24, 2.45) is 11.3 Å². The third-order valence-electron chi connectivity index (χ3n) is 15.0. The van der Waals surface area contributed by atoms with Gasteiger partial charge in [0.05, 0.1) is 23.3 Å². The molecule has 0 spiro atoms. The Kier molecular flexibility index (Phi) is 12.6. The second-order valence-electron chi connectivity index (χ2n) is 19.9. The zero-order valence-electron chi connectivity index (χ0n) is 39.8. The summed E-state index contributed by atoms with van der Waals surface area (Å²) in [5.41, 5.74) is 1.16. The Morgan fingerprint density at radius 3 is 2.18 bits per heavy atom. The monoisotopic (exact) mass is 1020 g/mol. The van der Waals surface area contributed by atoms with E-state index in [9.17, 15) is 46.3 Å². The van der Waals surface area contributed by atoms with Crippen LogP contribution in [-0.2, 0) is 30.5 Å². The normalized spacial score (nSPS) is 21.6. The van der Waals surface area contributed by atoms with E-state index in [0.29, 0.717) is 76.8 Å². The Labute approximate surface area is 420 Å². The summed E-state index contributed by atoms with van der Waals surface area (Å²) < 4.78 is 66.0. The third kappa shape index (κ3) is 10.0. The fourth-order valence-corrected chi connectivity index (χ4v) is 10.9. The predicted octanol–water partition coefficient (Wildman–Crippen LogP) is 6.19. The fourth-order valence-electron chi connectivity index (χ4n) is 10.9. The number of hydrogen-bond donors (Lipinski definition) is 4. The lowest BCUT2D eigenvalue weighted by Crippen LogP contribution is -2.70. The van der Waals surface area contributed by atoms with Crippen LogP contribution >= 0.6 is 0 Å². The van der Waals surface area contributed by atoms with Crippen LogP contribution in [0.1, 0.15) is 60.9 Å². The van der Waals surface area contributed by atoms with Gasteiger partial charge in [-0.2, -0.15) is 0 Å². The molecule has 8 heterocycles. The van der Waals surface area contributed by atoms with Crippen molar-refractivity contribution in [2.75, 3.05) is 60.1 Å². The number of anilines is 4. The predicted molar refractivity (Wildman–Crippen MR) is 259 cm³/mol. The van der Waals surface area contributed by atoms with E-state index in [-0.39, 0.29) is 72.9 Å². The number of halogens is 4. The van der Waals surface area contributed by atoms with Gasteiger partial charge >= 0.3 is 6.36 Å². The molecule has 3 atom stereocenters. The van der Waals surface area contributed by atoms with Crippen molar-refractivity contribution >= 4 is 69.2 Å². The number of fused-ring (bicyclic) bond motifs is 4. The molecule has 3 unspecified atom stereocenters. The highest BCUT2D eigenvalue weighted by Crippen LogP contribution is 2.48. The Balaban J connectivity index is 0.670. The van der Waals surface area contributed by atoms with E-state index < -0.39 is 41.4 Å². The molecule has 2 bridgehead atoms. The lowest BCUT2D eigenvalue weighted by atomic mass is 9.86. The van der Waals surface area contributed by atoms with E-state index in [2.05, 4.69) is 45.8 Å². The first-order valence-corrected chi connectivity index (χ1v) is 24.6. The molecule has 5 aromatic rings. The van der Waals surface area contributed by atoms with Gasteiger partial charge in [0.15, 0.2) is 5.75 Å². The number of benzene rings is 3. The van der Waals surface area contributed by atoms with E-state index in [1.807, 2.05) is 4.90 Å². The minimum atomic E-state index is -4.97. The summed E-state index contributed by atoms with van der Waals surface area (Å²) in [6, 6.07) is 17.3. The summed E-state index contributed by atoms with van der Waals surface area (Å²) in [6.07, 6.45) is 1.48. The average Bonchev–Trinajstić information content (AvgIpc) is 4.13. The minimum Gasteiger partial charge on any atom is -0.457 e. The second kappa shape index (κ2) is 19.3. The average molecular weight is 1020 g/mol. The number of alkyl halides is 3. The third-order valence-corrected chi connectivity index (χ3v) is 15.0. The highest BCUT2D eigenvalue weighted by atomic mass is 19.4. The summed E-state index contributed by atoms with van der Waals surface area (Å²) in [7, 11) is 0. The molecule has 2 aromatic heterocycles. The molecule has 6 aliphatic heterocycles. The lowest BCUT2D eigenvalue weighted by Gasteiger charge is -2.56. The largest absolute Gasteiger partial charge is 0.573 e. The maximum Gasteiger partial charge on any atom is 0.573 e. The van der Waals surface area contributed by atoms with Gasteiger partial charge in [-0.1, -0.05) is 0 Å². The highest BCUT2D eigenvalue weighted by Gasteiger charge is 2.56. The van der Waals surface area contributed by atoms with Gasteiger partial charge in [0.2, 0.25) is 29.5 Å². The van der Waals surface area contributed by atoms with E-state index >= 15 is 0 Å². The van der Waals surface area contributed by atoms with Gasteiger partial charge in [-0.25, -0.2) is 9.37 Å². The molecule has 18 nitrogen and oxygen atoms in total. The van der Waals surface area contributed by atoms with Crippen LogP contribution in [-0.4, -0.2) is 124 Å². The number of nitrogens with zero attached hydrogens (tertiary/aromatic N) is 6. The molecule has 0 radical (unpaired) electrons. The number of imide groups is 1. The number of amides is 6. The highest BCUT2D eigenvalue weighted by molar-refractivity contribution is 6.17. The van der Waals surface area contributed by atoms with Crippen molar-refractivity contribution in [3.63, 3.8) is 0 Å². The fraction of sp³-hybridized carbons (Fsp3) is 0.385. The quantitative estimate of drug-likeness (QED) is 0.0557. The van der Waals surface area contributed by atoms with Gasteiger partial charge < -0.3 is 35.2 Å². The lowest BCUT2D eigenvalue weighted by molar-refractivity contribution is -0.274. The minimum absolute atomic E-state index is 0.149. The first-order valence-electron chi connectivity index (χ1n) is 24.6. The zero-order chi connectivity index (χ0) is 51.5. The smallest absolute Gasteiger partial charge is 0.457 e. The summed E-state index contributed by atoms with van der Waals surface area (Å²) in [5, 5.41) is 10.9. The van der Waals surface area contributed by atoms with Crippen molar-refractivity contribution in [3.05, 3.63) is 102 Å². The summed E-state index contributed by atoms with van der Waals surface area (Å²) in [6.45, 7) is 3.74. The molecule has 384 valence electrons. The number of carbonyl (C=O) groups is 6. The second-order valence-corrected chi connectivity index (χ2v) is 19.9. The maximum absolute atomic E-state index is 14.0. The number of aromatic nitrogens is 2. The molecule has 22 heteroatoms. The molecule has 1 saturated carbocycles. The van der Waals surface area contributed by atoms with E-state index in [1.54, 1.807) is 36.4 Å². The molecule has 3 aromatic carbocycles. The molecule has 12 rings (SSSR count). The van der Waals surface area contributed by atoms with Gasteiger partial charge in [0.1, 0.15) is 34.6 Å². The van der Waals surface area contributed by atoms with Gasteiger partial charge in [-0.15, -0.1) is 13.2 Å². The number of piperidine rings is 3. The van der Waals surface area contributed by atoms with Crippen molar-refractivity contribution in [1.29, 1.82) is 0 Å². The molecule has 74 heavy (non-hydrogen) atoms. The zero-order valence-corrected chi connectivity index (χ0v) is 39.8.